The topological polar surface area (TPSA) is 49.4 Å². The van der Waals surface area contributed by atoms with Gasteiger partial charge in [0.05, 0.1) is 16.5 Å². The van der Waals surface area contributed by atoms with E-state index in [1.165, 1.54) is 4.90 Å². The molecule has 0 unspecified atom stereocenters. The summed E-state index contributed by atoms with van der Waals surface area (Å²) in [7, 11) is 0. The van der Waals surface area contributed by atoms with Crippen LogP contribution >= 0.6 is 46.4 Å². The number of nitrogens with one attached hydrogen (secondary N) is 1. The van der Waals surface area contributed by atoms with E-state index in [2.05, 4.69) is 5.32 Å². The van der Waals surface area contributed by atoms with Gasteiger partial charge in [-0.2, -0.15) is 0 Å². The van der Waals surface area contributed by atoms with Crippen LogP contribution in [0, 0.1) is 0 Å². The fourth-order valence-corrected chi connectivity index (χ4v) is 3.60. The quantitative estimate of drug-likeness (QED) is 0.481. The van der Waals surface area contributed by atoms with Crippen molar-refractivity contribution in [2.24, 2.45) is 0 Å². The van der Waals surface area contributed by atoms with Gasteiger partial charge in [-0.1, -0.05) is 65.5 Å². The molecule has 162 valence electrons. The van der Waals surface area contributed by atoms with Crippen LogP contribution in [0.15, 0.2) is 36.4 Å². The normalized spacial score (nSPS) is 12.9. The Bertz CT molecular complexity index is 920. The van der Waals surface area contributed by atoms with Gasteiger partial charge in [-0.05, 0) is 55.7 Å². The van der Waals surface area contributed by atoms with Crippen molar-refractivity contribution in [1.82, 2.24) is 10.2 Å². The molecule has 2 atom stereocenters. The SMILES string of the molecule is CC[C@H](C)NC(=O)[C@@H](C)N(Cc1ccc(Cl)cc1Cl)C(=O)Cc1ccc(Cl)c(Cl)c1. The number of hydrogen-bond donors (Lipinski definition) is 1. The molecule has 2 aromatic rings. The molecule has 0 heterocycles. The Hall–Kier alpha value is -1.46. The van der Waals surface area contributed by atoms with Gasteiger partial charge < -0.3 is 10.2 Å². The predicted molar refractivity (Wildman–Crippen MR) is 125 cm³/mol. The van der Waals surface area contributed by atoms with Crippen LogP contribution in [0.3, 0.4) is 0 Å². The number of amides is 2. The maximum absolute atomic E-state index is 13.2. The van der Waals surface area contributed by atoms with Gasteiger partial charge in [0.25, 0.3) is 0 Å². The fourth-order valence-electron chi connectivity index (χ4n) is 2.81. The minimum atomic E-state index is -0.694. The molecule has 2 aromatic carbocycles. The zero-order valence-electron chi connectivity index (χ0n) is 17.0. The molecule has 0 bridgehead atoms. The minimum absolute atomic E-state index is 0.00564. The Balaban J connectivity index is 2.29. The Morgan fingerprint density at radius 2 is 1.67 bits per heavy atom. The van der Waals surface area contributed by atoms with E-state index in [1.807, 2.05) is 13.8 Å². The van der Waals surface area contributed by atoms with Crippen LogP contribution in [0.1, 0.15) is 38.3 Å². The lowest BCUT2D eigenvalue weighted by Gasteiger charge is -2.30. The number of carbonyl (C=O) groups is 2. The third kappa shape index (κ3) is 6.78. The van der Waals surface area contributed by atoms with Gasteiger partial charge in [-0.25, -0.2) is 0 Å². The summed E-state index contributed by atoms with van der Waals surface area (Å²) in [5.74, 6) is -0.455. The molecular formula is C22H24Cl4N2O2. The molecule has 0 aromatic heterocycles. The highest BCUT2D eigenvalue weighted by Crippen LogP contribution is 2.25. The number of halogens is 4. The van der Waals surface area contributed by atoms with Crippen LogP contribution in [0.5, 0.6) is 0 Å². The lowest BCUT2D eigenvalue weighted by atomic mass is 10.1. The van der Waals surface area contributed by atoms with Gasteiger partial charge in [-0.3, -0.25) is 9.59 Å². The number of carbonyl (C=O) groups excluding carboxylic acids is 2. The van der Waals surface area contributed by atoms with E-state index in [0.717, 1.165) is 6.42 Å². The van der Waals surface area contributed by atoms with Crippen LogP contribution < -0.4 is 5.32 Å². The third-order valence-corrected chi connectivity index (χ3v) is 6.19. The molecule has 8 heteroatoms. The predicted octanol–water partition coefficient (Wildman–Crippen LogP) is 6.17. The summed E-state index contributed by atoms with van der Waals surface area (Å²) in [4.78, 5) is 27.4. The Morgan fingerprint density at radius 3 is 2.27 bits per heavy atom. The first-order valence-electron chi connectivity index (χ1n) is 9.60. The maximum Gasteiger partial charge on any atom is 0.242 e. The second-order valence-corrected chi connectivity index (χ2v) is 8.83. The summed E-state index contributed by atoms with van der Waals surface area (Å²) in [6, 6.07) is 9.42. The Morgan fingerprint density at radius 1 is 0.967 bits per heavy atom. The average molecular weight is 490 g/mol. The van der Waals surface area contributed by atoms with E-state index in [1.54, 1.807) is 43.3 Å². The molecule has 2 amide bonds. The highest BCUT2D eigenvalue weighted by molar-refractivity contribution is 6.42. The van der Waals surface area contributed by atoms with Crippen molar-refractivity contribution in [1.29, 1.82) is 0 Å². The minimum Gasteiger partial charge on any atom is -0.352 e. The van der Waals surface area contributed by atoms with Gasteiger partial charge in [0.1, 0.15) is 6.04 Å². The van der Waals surface area contributed by atoms with Crippen molar-refractivity contribution >= 4 is 58.2 Å². The molecule has 0 spiro atoms. The smallest absolute Gasteiger partial charge is 0.242 e. The Kier molecular flexibility index (Phi) is 9.30. The molecular weight excluding hydrogens is 466 g/mol. The molecule has 0 aliphatic heterocycles. The monoisotopic (exact) mass is 488 g/mol. The molecule has 0 radical (unpaired) electrons. The van der Waals surface area contributed by atoms with Crippen LogP contribution in [0.4, 0.5) is 0 Å². The zero-order chi connectivity index (χ0) is 22.4. The summed E-state index contributed by atoms with van der Waals surface area (Å²) in [6.07, 6.45) is 0.863. The number of nitrogens with zero attached hydrogens (tertiary/aromatic N) is 1. The van der Waals surface area contributed by atoms with Gasteiger partial charge in [-0.15, -0.1) is 0 Å². The molecule has 0 fully saturated rings. The van der Waals surface area contributed by atoms with Crippen LogP contribution in [0.25, 0.3) is 0 Å². The van der Waals surface area contributed by atoms with E-state index in [-0.39, 0.29) is 30.8 Å². The first-order valence-corrected chi connectivity index (χ1v) is 11.1. The molecule has 0 saturated heterocycles. The summed E-state index contributed by atoms with van der Waals surface area (Å²) in [5, 5.41) is 4.65. The van der Waals surface area contributed by atoms with Crippen molar-refractivity contribution in [3.8, 4) is 0 Å². The van der Waals surface area contributed by atoms with Gasteiger partial charge in [0, 0.05) is 22.6 Å². The summed E-state index contributed by atoms with van der Waals surface area (Å²) < 4.78 is 0. The van der Waals surface area contributed by atoms with Crippen molar-refractivity contribution in [3.05, 3.63) is 67.6 Å². The lowest BCUT2D eigenvalue weighted by Crippen LogP contribution is -2.49. The maximum atomic E-state index is 13.2. The molecule has 0 saturated carbocycles. The van der Waals surface area contributed by atoms with Crippen LogP contribution in [-0.4, -0.2) is 28.8 Å². The van der Waals surface area contributed by atoms with Crippen molar-refractivity contribution in [2.75, 3.05) is 0 Å². The number of hydrogen-bond acceptors (Lipinski definition) is 2. The standard InChI is InChI=1S/C22H24Cl4N2O2/c1-4-13(2)27-22(30)14(3)28(12-16-6-7-17(23)11-19(16)25)21(29)10-15-5-8-18(24)20(26)9-15/h5-9,11,13-14H,4,10,12H2,1-3H3,(H,27,30)/t13-,14+/m0/s1. The fraction of sp³-hybridized carbons (Fsp3) is 0.364. The first kappa shape index (κ1) is 24.8. The second-order valence-electron chi connectivity index (χ2n) is 7.18. The molecule has 30 heavy (non-hydrogen) atoms. The molecule has 2 rings (SSSR count). The molecule has 0 aliphatic carbocycles. The molecule has 4 nitrogen and oxygen atoms in total. The molecule has 1 N–H and O–H groups in total. The second kappa shape index (κ2) is 11.2. The van der Waals surface area contributed by atoms with Crippen molar-refractivity contribution in [2.45, 2.75) is 52.2 Å². The van der Waals surface area contributed by atoms with E-state index < -0.39 is 6.04 Å². The highest BCUT2D eigenvalue weighted by Gasteiger charge is 2.27. The first-order chi connectivity index (χ1) is 14.1. The lowest BCUT2D eigenvalue weighted by molar-refractivity contribution is -0.140. The van der Waals surface area contributed by atoms with E-state index >= 15 is 0 Å². The zero-order valence-corrected chi connectivity index (χ0v) is 20.0. The van der Waals surface area contributed by atoms with Crippen LogP contribution in [0.2, 0.25) is 20.1 Å². The van der Waals surface area contributed by atoms with E-state index in [9.17, 15) is 9.59 Å². The third-order valence-electron chi connectivity index (χ3n) is 4.86. The van der Waals surface area contributed by atoms with E-state index in [4.69, 9.17) is 46.4 Å². The van der Waals surface area contributed by atoms with E-state index in [0.29, 0.717) is 31.2 Å². The summed E-state index contributed by atoms with van der Waals surface area (Å²) in [6.45, 7) is 5.78. The largest absolute Gasteiger partial charge is 0.352 e. The summed E-state index contributed by atoms with van der Waals surface area (Å²) >= 11 is 24.3. The average Bonchev–Trinajstić information content (AvgIpc) is 2.69. The number of benzene rings is 2. The summed E-state index contributed by atoms with van der Waals surface area (Å²) in [5.41, 5.74) is 1.41. The van der Waals surface area contributed by atoms with Crippen molar-refractivity contribution in [3.63, 3.8) is 0 Å². The molecule has 0 aliphatic rings. The Labute approximate surface area is 197 Å². The van der Waals surface area contributed by atoms with Crippen LogP contribution in [-0.2, 0) is 22.6 Å². The van der Waals surface area contributed by atoms with Crippen molar-refractivity contribution < 1.29 is 9.59 Å². The van der Waals surface area contributed by atoms with Gasteiger partial charge >= 0.3 is 0 Å². The highest BCUT2D eigenvalue weighted by atomic mass is 35.5. The van der Waals surface area contributed by atoms with Gasteiger partial charge in [0.2, 0.25) is 11.8 Å². The van der Waals surface area contributed by atoms with Gasteiger partial charge in [0.15, 0.2) is 0 Å². The number of rotatable bonds is 8.